The molecular formula is C17H23N3O3. The number of carbonyl (C=O) groups excluding carboxylic acids is 1. The number of aromatic nitrogens is 2. The van der Waals surface area contributed by atoms with Crippen LogP contribution >= 0.6 is 0 Å². The molecule has 0 aliphatic rings. The van der Waals surface area contributed by atoms with Gasteiger partial charge in [0.2, 0.25) is 11.8 Å². The van der Waals surface area contributed by atoms with E-state index in [2.05, 4.69) is 18.9 Å². The van der Waals surface area contributed by atoms with E-state index in [0.717, 1.165) is 11.1 Å². The standard InChI is InChI=1S/C17H23N3O3/c1-12(2)10-13(3)19(4)15(21)11-20-17(22)23-16(18-20)14-8-6-5-7-9-14/h5-9,12-13H,10-11H2,1-4H3. The Balaban J connectivity index is 2.10. The van der Waals surface area contributed by atoms with E-state index < -0.39 is 5.76 Å². The van der Waals surface area contributed by atoms with E-state index in [-0.39, 0.29) is 24.4 Å². The summed E-state index contributed by atoms with van der Waals surface area (Å²) in [5.41, 5.74) is 0.706. The van der Waals surface area contributed by atoms with E-state index in [1.165, 1.54) is 0 Å². The molecule has 0 aliphatic heterocycles. The molecule has 1 unspecified atom stereocenters. The second-order valence-corrected chi connectivity index (χ2v) is 6.18. The number of rotatable bonds is 6. The first-order valence-corrected chi connectivity index (χ1v) is 7.77. The average molecular weight is 317 g/mol. The molecule has 23 heavy (non-hydrogen) atoms. The molecule has 1 heterocycles. The Morgan fingerprint density at radius 1 is 1.26 bits per heavy atom. The van der Waals surface area contributed by atoms with E-state index >= 15 is 0 Å². The Hall–Kier alpha value is -2.37. The third kappa shape index (κ3) is 4.31. The molecule has 6 heteroatoms. The molecule has 1 aromatic carbocycles. The van der Waals surface area contributed by atoms with E-state index in [0.29, 0.717) is 11.5 Å². The van der Waals surface area contributed by atoms with Crippen molar-refractivity contribution in [3.63, 3.8) is 0 Å². The van der Waals surface area contributed by atoms with Gasteiger partial charge in [0, 0.05) is 18.7 Å². The van der Waals surface area contributed by atoms with Gasteiger partial charge in [-0.15, -0.1) is 5.10 Å². The third-order valence-corrected chi connectivity index (χ3v) is 3.78. The smallest absolute Gasteiger partial charge is 0.388 e. The molecule has 2 rings (SSSR count). The van der Waals surface area contributed by atoms with Crippen molar-refractivity contribution in [1.29, 1.82) is 0 Å². The molecule has 124 valence electrons. The molecule has 0 saturated heterocycles. The lowest BCUT2D eigenvalue weighted by atomic mass is 10.0. The number of carbonyl (C=O) groups is 1. The summed E-state index contributed by atoms with van der Waals surface area (Å²) in [6, 6.07) is 9.25. The first-order valence-electron chi connectivity index (χ1n) is 7.77. The summed E-state index contributed by atoms with van der Waals surface area (Å²) in [5, 5.41) is 4.11. The Morgan fingerprint density at radius 2 is 1.91 bits per heavy atom. The molecule has 0 saturated carbocycles. The highest BCUT2D eigenvalue weighted by molar-refractivity contribution is 5.75. The monoisotopic (exact) mass is 317 g/mol. The van der Waals surface area contributed by atoms with E-state index in [1.807, 2.05) is 25.1 Å². The van der Waals surface area contributed by atoms with Gasteiger partial charge < -0.3 is 9.32 Å². The SMILES string of the molecule is CC(C)CC(C)N(C)C(=O)Cn1nc(-c2ccccc2)oc1=O. The van der Waals surface area contributed by atoms with Crippen LogP contribution in [0.15, 0.2) is 39.5 Å². The van der Waals surface area contributed by atoms with Crippen LogP contribution in [-0.4, -0.2) is 33.7 Å². The van der Waals surface area contributed by atoms with E-state index in [4.69, 9.17) is 4.42 Å². The van der Waals surface area contributed by atoms with Crippen LogP contribution in [0.2, 0.25) is 0 Å². The van der Waals surface area contributed by atoms with Gasteiger partial charge in [-0.2, -0.15) is 4.68 Å². The summed E-state index contributed by atoms with van der Waals surface area (Å²) in [5.74, 6) is -0.0590. The van der Waals surface area contributed by atoms with Gasteiger partial charge in [-0.1, -0.05) is 32.0 Å². The number of hydrogen-bond donors (Lipinski definition) is 0. The van der Waals surface area contributed by atoms with Crippen molar-refractivity contribution in [2.45, 2.75) is 39.8 Å². The Morgan fingerprint density at radius 3 is 2.52 bits per heavy atom. The van der Waals surface area contributed by atoms with Crippen molar-refractivity contribution < 1.29 is 9.21 Å². The second-order valence-electron chi connectivity index (χ2n) is 6.18. The number of hydrogen-bond acceptors (Lipinski definition) is 4. The fourth-order valence-electron chi connectivity index (χ4n) is 2.43. The first-order chi connectivity index (χ1) is 10.9. The maximum absolute atomic E-state index is 12.3. The van der Waals surface area contributed by atoms with Crippen molar-refractivity contribution in [2.75, 3.05) is 7.05 Å². The van der Waals surface area contributed by atoms with Gasteiger partial charge in [0.25, 0.3) is 0 Å². The fraction of sp³-hybridized carbons (Fsp3) is 0.471. The van der Waals surface area contributed by atoms with Gasteiger partial charge in [0.05, 0.1) is 0 Å². The van der Waals surface area contributed by atoms with Crippen LogP contribution in [0.3, 0.4) is 0 Å². The van der Waals surface area contributed by atoms with Crippen molar-refractivity contribution in [2.24, 2.45) is 5.92 Å². The Kier molecular flexibility index (Phi) is 5.36. The number of benzene rings is 1. The van der Waals surface area contributed by atoms with Crippen LogP contribution < -0.4 is 5.76 Å². The zero-order valence-corrected chi connectivity index (χ0v) is 14.0. The lowest BCUT2D eigenvalue weighted by molar-refractivity contribution is -0.132. The third-order valence-electron chi connectivity index (χ3n) is 3.78. The molecule has 0 spiro atoms. The summed E-state index contributed by atoms with van der Waals surface area (Å²) >= 11 is 0. The van der Waals surface area contributed by atoms with Crippen LogP contribution in [0.4, 0.5) is 0 Å². The maximum atomic E-state index is 12.3. The van der Waals surface area contributed by atoms with Gasteiger partial charge in [-0.05, 0) is 31.4 Å². The lowest BCUT2D eigenvalue weighted by Gasteiger charge is -2.26. The molecule has 0 aliphatic carbocycles. The lowest BCUT2D eigenvalue weighted by Crippen LogP contribution is -2.39. The maximum Gasteiger partial charge on any atom is 0.437 e. The topological polar surface area (TPSA) is 68.3 Å². The van der Waals surface area contributed by atoms with Crippen LogP contribution in [0.25, 0.3) is 11.5 Å². The van der Waals surface area contributed by atoms with Gasteiger partial charge in [-0.25, -0.2) is 4.79 Å². The Bertz CT molecular complexity index is 703. The van der Waals surface area contributed by atoms with E-state index in [9.17, 15) is 9.59 Å². The predicted octanol–water partition coefficient (Wildman–Crippen LogP) is 2.40. The molecule has 0 radical (unpaired) electrons. The minimum atomic E-state index is -0.623. The number of amides is 1. The van der Waals surface area contributed by atoms with Crippen molar-refractivity contribution in [1.82, 2.24) is 14.7 Å². The second kappa shape index (κ2) is 7.26. The molecule has 0 bridgehead atoms. The minimum absolute atomic E-state index is 0.110. The molecule has 2 aromatic rings. The van der Waals surface area contributed by atoms with Gasteiger partial charge >= 0.3 is 5.76 Å². The fourth-order valence-corrected chi connectivity index (χ4v) is 2.43. The highest BCUT2D eigenvalue weighted by Crippen LogP contribution is 2.14. The minimum Gasteiger partial charge on any atom is -0.388 e. The normalized spacial score (nSPS) is 12.4. The molecule has 1 atom stereocenters. The first kappa shape index (κ1) is 17.0. The molecular weight excluding hydrogens is 294 g/mol. The quantitative estimate of drug-likeness (QED) is 0.820. The predicted molar refractivity (Wildman–Crippen MR) is 87.9 cm³/mol. The molecule has 0 N–H and O–H groups in total. The van der Waals surface area contributed by atoms with Crippen LogP contribution in [0.1, 0.15) is 27.2 Å². The average Bonchev–Trinajstić information content (AvgIpc) is 2.87. The van der Waals surface area contributed by atoms with Crippen molar-refractivity contribution in [3.8, 4) is 11.5 Å². The summed E-state index contributed by atoms with van der Waals surface area (Å²) in [7, 11) is 1.75. The van der Waals surface area contributed by atoms with Gasteiger partial charge in [0.1, 0.15) is 6.54 Å². The van der Waals surface area contributed by atoms with Crippen LogP contribution in [0, 0.1) is 5.92 Å². The highest BCUT2D eigenvalue weighted by Gasteiger charge is 2.19. The zero-order valence-electron chi connectivity index (χ0n) is 14.0. The van der Waals surface area contributed by atoms with Crippen LogP contribution in [0.5, 0.6) is 0 Å². The molecule has 1 amide bonds. The number of likely N-dealkylation sites (N-methyl/N-ethyl adjacent to an activating group) is 1. The Labute approximate surface area is 135 Å². The van der Waals surface area contributed by atoms with Crippen LogP contribution in [-0.2, 0) is 11.3 Å². The van der Waals surface area contributed by atoms with Crippen molar-refractivity contribution >= 4 is 5.91 Å². The largest absolute Gasteiger partial charge is 0.437 e. The summed E-state index contributed by atoms with van der Waals surface area (Å²) in [4.78, 5) is 25.9. The van der Waals surface area contributed by atoms with E-state index in [1.54, 1.807) is 24.1 Å². The molecule has 6 nitrogen and oxygen atoms in total. The molecule has 1 aromatic heterocycles. The zero-order chi connectivity index (χ0) is 17.0. The highest BCUT2D eigenvalue weighted by atomic mass is 16.4. The van der Waals surface area contributed by atoms with Crippen molar-refractivity contribution in [3.05, 3.63) is 40.9 Å². The number of nitrogens with zero attached hydrogens (tertiary/aromatic N) is 3. The van der Waals surface area contributed by atoms with Gasteiger partial charge in [0.15, 0.2) is 0 Å². The summed E-state index contributed by atoms with van der Waals surface area (Å²) in [6.45, 7) is 6.11. The summed E-state index contributed by atoms with van der Waals surface area (Å²) < 4.78 is 6.20. The summed E-state index contributed by atoms with van der Waals surface area (Å²) in [6.07, 6.45) is 0.908. The van der Waals surface area contributed by atoms with Gasteiger partial charge in [-0.3, -0.25) is 4.79 Å². The molecule has 0 fully saturated rings.